The van der Waals surface area contributed by atoms with E-state index in [1.807, 2.05) is 0 Å². The van der Waals surface area contributed by atoms with E-state index in [1.54, 1.807) is 6.07 Å². The van der Waals surface area contributed by atoms with Gasteiger partial charge >= 0.3 is 0 Å². The Kier molecular flexibility index (Phi) is 4.08. The lowest BCUT2D eigenvalue weighted by Crippen LogP contribution is -1.95. The Morgan fingerprint density at radius 1 is 1.11 bits per heavy atom. The van der Waals surface area contributed by atoms with Gasteiger partial charge in [0.1, 0.15) is 5.75 Å². The van der Waals surface area contributed by atoms with Crippen molar-refractivity contribution in [2.24, 2.45) is 0 Å². The summed E-state index contributed by atoms with van der Waals surface area (Å²) in [6.45, 7) is 1.37. The molecule has 2 aromatic rings. The predicted molar refractivity (Wildman–Crippen MR) is 72.9 cm³/mol. The molecule has 0 fully saturated rings. The van der Waals surface area contributed by atoms with Crippen molar-refractivity contribution in [3.8, 4) is 11.5 Å². The first kappa shape index (κ1) is 13.8. The van der Waals surface area contributed by atoms with E-state index in [0.29, 0.717) is 15.8 Å². The minimum absolute atomic E-state index is 0.00309. The summed E-state index contributed by atoms with van der Waals surface area (Å²) in [4.78, 5) is 11.1. The zero-order valence-electron chi connectivity index (χ0n) is 9.91. The molecular weight excluding hydrogens is 290 g/mol. The minimum atomic E-state index is -0.621. The molecule has 0 atom stereocenters. The second kappa shape index (κ2) is 5.59. The molecule has 0 saturated carbocycles. The third-order valence-corrected chi connectivity index (χ3v) is 2.84. The van der Waals surface area contributed by atoms with Gasteiger partial charge < -0.3 is 4.74 Å². The van der Waals surface area contributed by atoms with Gasteiger partial charge in [-0.1, -0.05) is 23.2 Å². The van der Waals surface area contributed by atoms with Gasteiger partial charge in [-0.2, -0.15) is 0 Å². The summed E-state index contributed by atoms with van der Waals surface area (Å²) in [5, 5.41) is 0.784. The van der Waals surface area contributed by atoms with Crippen LogP contribution in [0.15, 0.2) is 36.4 Å². The first-order valence-electron chi connectivity index (χ1n) is 5.40. The van der Waals surface area contributed by atoms with Gasteiger partial charge in [0.15, 0.2) is 17.3 Å². The summed E-state index contributed by atoms with van der Waals surface area (Å²) in [6, 6.07) is 8.60. The fraction of sp³-hybridized carbons (Fsp3) is 0.0714. The first-order valence-corrected chi connectivity index (χ1v) is 6.16. The van der Waals surface area contributed by atoms with Crippen LogP contribution in [0, 0.1) is 5.82 Å². The van der Waals surface area contributed by atoms with Gasteiger partial charge in [-0.05, 0) is 43.3 Å². The quantitative estimate of drug-likeness (QED) is 0.735. The average molecular weight is 299 g/mol. The number of rotatable bonds is 3. The number of halogens is 3. The topological polar surface area (TPSA) is 26.3 Å². The maximum absolute atomic E-state index is 13.8. The Labute approximate surface area is 119 Å². The normalized spacial score (nSPS) is 10.3. The molecule has 5 heteroatoms. The number of benzene rings is 2. The molecule has 0 unspecified atom stereocenters. The molecule has 0 aromatic heterocycles. The van der Waals surface area contributed by atoms with Crippen LogP contribution in [0.5, 0.6) is 11.5 Å². The largest absolute Gasteiger partial charge is 0.454 e. The molecule has 0 radical (unpaired) electrons. The van der Waals surface area contributed by atoms with Gasteiger partial charge in [0, 0.05) is 15.6 Å². The van der Waals surface area contributed by atoms with Crippen LogP contribution in [0.3, 0.4) is 0 Å². The lowest BCUT2D eigenvalue weighted by molar-refractivity contribution is 0.101. The van der Waals surface area contributed by atoms with Crippen molar-refractivity contribution in [2.75, 3.05) is 0 Å². The number of carbonyl (C=O) groups is 1. The SMILES string of the molecule is CC(=O)c1ccc(Oc2cc(Cl)cc(Cl)c2)c(F)c1. The molecule has 2 aromatic carbocycles. The van der Waals surface area contributed by atoms with Crippen molar-refractivity contribution in [1.29, 1.82) is 0 Å². The second-order valence-electron chi connectivity index (χ2n) is 3.91. The maximum atomic E-state index is 13.8. The summed E-state index contributed by atoms with van der Waals surface area (Å²) in [6.07, 6.45) is 0. The van der Waals surface area contributed by atoms with Crippen molar-refractivity contribution in [1.82, 2.24) is 0 Å². The van der Waals surface area contributed by atoms with Gasteiger partial charge in [0.05, 0.1) is 0 Å². The number of ether oxygens (including phenoxy) is 1. The monoisotopic (exact) mass is 298 g/mol. The molecular formula is C14H9Cl2FO2. The summed E-state index contributed by atoms with van der Waals surface area (Å²) < 4.78 is 19.1. The van der Waals surface area contributed by atoms with E-state index >= 15 is 0 Å². The second-order valence-corrected chi connectivity index (χ2v) is 4.78. The lowest BCUT2D eigenvalue weighted by Gasteiger charge is -2.08. The molecule has 0 amide bonds. The van der Waals surface area contributed by atoms with E-state index in [4.69, 9.17) is 27.9 Å². The highest BCUT2D eigenvalue weighted by molar-refractivity contribution is 6.34. The molecule has 98 valence electrons. The standard InChI is InChI=1S/C14H9Cl2FO2/c1-8(18)9-2-3-14(13(17)4-9)19-12-6-10(15)5-11(16)7-12/h2-7H,1H3. The highest BCUT2D eigenvalue weighted by atomic mass is 35.5. The molecule has 0 N–H and O–H groups in total. The van der Waals surface area contributed by atoms with Crippen molar-refractivity contribution in [3.05, 3.63) is 57.8 Å². The molecule has 0 bridgehead atoms. The number of hydrogen-bond acceptors (Lipinski definition) is 2. The van der Waals surface area contributed by atoms with Crippen LogP contribution in [-0.4, -0.2) is 5.78 Å². The van der Waals surface area contributed by atoms with Crippen LogP contribution in [0.4, 0.5) is 4.39 Å². The summed E-state index contributed by atoms with van der Waals surface area (Å²) >= 11 is 11.6. The average Bonchev–Trinajstić information content (AvgIpc) is 2.30. The number of Topliss-reactive ketones (excluding diaryl/α,β-unsaturated/α-hetero) is 1. The van der Waals surface area contributed by atoms with Crippen LogP contribution in [0.1, 0.15) is 17.3 Å². The van der Waals surface area contributed by atoms with Gasteiger partial charge in [0.25, 0.3) is 0 Å². The Bertz CT molecular complexity index is 621. The zero-order valence-corrected chi connectivity index (χ0v) is 11.4. The van der Waals surface area contributed by atoms with E-state index in [9.17, 15) is 9.18 Å². The van der Waals surface area contributed by atoms with Crippen LogP contribution < -0.4 is 4.74 Å². The third-order valence-electron chi connectivity index (χ3n) is 2.40. The van der Waals surface area contributed by atoms with E-state index < -0.39 is 5.82 Å². The van der Waals surface area contributed by atoms with Crippen LogP contribution in [-0.2, 0) is 0 Å². The zero-order chi connectivity index (χ0) is 14.0. The lowest BCUT2D eigenvalue weighted by atomic mass is 10.1. The molecule has 0 saturated heterocycles. The highest BCUT2D eigenvalue weighted by Crippen LogP contribution is 2.30. The van der Waals surface area contributed by atoms with Crippen molar-refractivity contribution in [2.45, 2.75) is 6.92 Å². The van der Waals surface area contributed by atoms with Gasteiger partial charge in [-0.15, -0.1) is 0 Å². The molecule has 0 heterocycles. The summed E-state index contributed by atoms with van der Waals surface area (Å²) in [7, 11) is 0. The molecule has 0 spiro atoms. The smallest absolute Gasteiger partial charge is 0.166 e. The van der Waals surface area contributed by atoms with Gasteiger partial charge in [-0.3, -0.25) is 4.79 Å². The molecule has 0 aliphatic carbocycles. The van der Waals surface area contributed by atoms with E-state index in [0.717, 1.165) is 6.07 Å². The van der Waals surface area contributed by atoms with Gasteiger partial charge in [0.2, 0.25) is 0 Å². The first-order chi connectivity index (χ1) is 8.95. The summed E-state index contributed by atoms with van der Waals surface area (Å²) in [5.74, 6) is -0.504. The Balaban J connectivity index is 2.30. The van der Waals surface area contributed by atoms with Crippen molar-refractivity contribution >= 4 is 29.0 Å². The predicted octanol–water partition coefficient (Wildman–Crippen LogP) is 5.13. The molecule has 0 aliphatic rings. The summed E-state index contributed by atoms with van der Waals surface area (Å²) in [5.41, 5.74) is 0.286. The Morgan fingerprint density at radius 3 is 2.26 bits per heavy atom. The number of hydrogen-bond donors (Lipinski definition) is 0. The Morgan fingerprint density at radius 2 is 1.74 bits per heavy atom. The van der Waals surface area contributed by atoms with E-state index in [-0.39, 0.29) is 17.1 Å². The van der Waals surface area contributed by atoms with Gasteiger partial charge in [-0.25, -0.2) is 4.39 Å². The van der Waals surface area contributed by atoms with Crippen LogP contribution in [0.25, 0.3) is 0 Å². The fourth-order valence-corrected chi connectivity index (χ4v) is 2.02. The fourth-order valence-electron chi connectivity index (χ4n) is 1.52. The van der Waals surface area contributed by atoms with Crippen LogP contribution in [0.2, 0.25) is 10.0 Å². The van der Waals surface area contributed by atoms with E-state index in [2.05, 4.69) is 0 Å². The van der Waals surface area contributed by atoms with E-state index in [1.165, 1.54) is 31.2 Å². The number of ketones is 1. The van der Waals surface area contributed by atoms with Crippen molar-refractivity contribution < 1.29 is 13.9 Å². The minimum Gasteiger partial charge on any atom is -0.454 e. The number of carbonyl (C=O) groups excluding carboxylic acids is 1. The van der Waals surface area contributed by atoms with Crippen LogP contribution >= 0.6 is 23.2 Å². The molecule has 19 heavy (non-hydrogen) atoms. The van der Waals surface area contributed by atoms with Crippen molar-refractivity contribution in [3.63, 3.8) is 0 Å². The molecule has 2 nitrogen and oxygen atoms in total. The maximum Gasteiger partial charge on any atom is 0.166 e. The molecule has 2 rings (SSSR count). The molecule has 0 aliphatic heterocycles. The Hall–Kier alpha value is -1.58. The third kappa shape index (κ3) is 3.46. The highest BCUT2D eigenvalue weighted by Gasteiger charge is 2.09.